The summed E-state index contributed by atoms with van der Waals surface area (Å²) >= 11 is 0. The predicted molar refractivity (Wildman–Crippen MR) is 55.7 cm³/mol. The molecule has 0 atom stereocenters. The fourth-order valence-electron chi connectivity index (χ4n) is 0.690. The van der Waals surface area contributed by atoms with E-state index in [4.69, 9.17) is 9.47 Å². The van der Waals surface area contributed by atoms with Crippen LogP contribution in [0.5, 0.6) is 0 Å². The normalized spacial score (nSPS) is 10.9. The number of esters is 2. The van der Waals surface area contributed by atoms with Crippen LogP contribution in [0.2, 0.25) is 0 Å². The van der Waals surface area contributed by atoms with Crippen molar-refractivity contribution in [3.8, 4) is 0 Å². The highest BCUT2D eigenvalue weighted by molar-refractivity contribution is 5.75. The summed E-state index contributed by atoms with van der Waals surface area (Å²) in [5.41, 5.74) is -0.538. The minimum atomic E-state index is -0.538. The Kier molecular flexibility index (Phi) is 5.97. The Balaban J connectivity index is 3.55. The highest BCUT2D eigenvalue weighted by atomic mass is 16.6. The number of rotatable bonds is 5. The molecule has 0 amide bonds. The molecule has 87 valence electrons. The zero-order valence-corrected chi connectivity index (χ0v) is 9.83. The highest BCUT2D eigenvalue weighted by Gasteiger charge is 2.22. The number of ether oxygens (including phenoxy) is 2. The van der Waals surface area contributed by atoms with Gasteiger partial charge in [0.05, 0.1) is 5.41 Å². The lowest BCUT2D eigenvalue weighted by atomic mass is 9.97. The lowest BCUT2D eigenvalue weighted by molar-refractivity contribution is -0.153. The average Bonchev–Trinajstić information content (AvgIpc) is 2.11. The van der Waals surface area contributed by atoms with Crippen LogP contribution in [0.1, 0.15) is 40.5 Å². The lowest BCUT2D eigenvalue weighted by Crippen LogP contribution is -2.23. The molecule has 0 bridgehead atoms. The van der Waals surface area contributed by atoms with Crippen LogP contribution in [0.15, 0.2) is 0 Å². The van der Waals surface area contributed by atoms with Crippen molar-refractivity contribution in [3.63, 3.8) is 0 Å². The molecule has 0 aliphatic carbocycles. The van der Waals surface area contributed by atoms with Crippen LogP contribution in [-0.2, 0) is 19.1 Å². The van der Waals surface area contributed by atoms with Gasteiger partial charge in [0.15, 0.2) is 6.61 Å². The largest absolute Gasteiger partial charge is 0.462 e. The van der Waals surface area contributed by atoms with E-state index >= 15 is 0 Å². The lowest BCUT2D eigenvalue weighted by Gasteiger charge is -2.15. The highest BCUT2D eigenvalue weighted by Crippen LogP contribution is 2.15. The first kappa shape index (κ1) is 13.9. The molecule has 0 saturated heterocycles. The van der Waals surface area contributed by atoms with Crippen molar-refractivity contribution < 1.29 is 19.1 Å². The second-order valence-electron chi connectivity index (χ2n) is 4.25. The van der Waals surface area contributed by atoms with Gasteiger partial charge >= 0.3 is 11.9 Å². The van der Waals surface area contributed by atoms with E-state index in [-0.39, 0.29) is 18.5 Å². The van der Waals surface area contributed by atoms with E-state index < -0.39 is 5.41 Å². The second-order valence-corrected chi connectivity index (χ2v) is 4.25. The summed E-state index contributed by atoms with van der Waals surface area (Å²) in [5, 5.41) is 0. The van der Waals surface area contributed by atoms with Gasteiger partial charge in [-0.15, -0.1) is 0 Å². The Bertz CT molecular complexity index is 215. The maximum atomic E-state index is 11.2. The molecule has 0 fully saturated rings. The van der Waals surface area contributed by atoms with Gasteiger partial charge in [-0.3, -0.25) is 9.59 Å². The molecule has 0 spiro atoms. The van der Waals surface area contributed by atoms with Crippen LogP contribution < -0.4 is 0 Å². The first-order chi connectivity index (χ1) is 6.88. The topological polar surface area (TPSA) is 52.6 Å². The Labute approximate surface area is 90.9 Å². The Morgan fingerprint density at radius 3 is 2.33 bits per heavy atom. The molecule has 0 rings (SSSR count). The van der Waals surface area contributed by atoms with Crippen LogP contribution in [0, 0.1) is 12.0 Å². The molecular formula is C11H19O4. The number of carbonyl (C=O) groups is 2. The van der Waals surface area contributed by atoms with E-state index in [1.54, 1.807) is 20.8 Å². The molecule has 15 heavy (non-hydrogen) atoms. The monoisotopic (exact) mass is 215 g/mol. The third-order valence-electron chi connectivity index (χ3n) is 1.57. The summed E-state index contributed by atoms with van der Waals surface area (Å²) in [6, 6.07) is 0. The summed E-state index contributed by atoms with van der Waals surface area (Å²) < 4.78 is 9.57. The van der Waals surface area contributed by atoms with Crippen LogP contribution in [-0.4, -0.2) is 18.5 Å². The Morgan fingerprint density at radius 2 is 1.87 bits per heavy atom. The number of hydrogen-bond donors (Lipinski definition) is 0. The minimum Gasteiger partial charge on any atom is -0.462 e. The van der Waals surface area contributed by atoms with Crippen LogP contribution in [0.3, 0.4) is 0 Å². The zero-order valence-electron chi connectivity index (χ0n) is 9.83. The third-order valence-corrected chi connectivity index (χ3v) is 1.57. The summed E-state index contributed by atoms with van der Waals surface area (Å²) in [7, 11) is 0. The predicted octanol–water partition coefficient (Wildman–Crippen LogP) is 2.08. The van der Waals surface area contributed by atoms with E-state index in [0.29, 0.717) is 6.42 Å². The molecule has 4 heteroatoms. The van der Waals surface area contributed by atoms with E-state index in [1.165, 1.54) is 6.61 Å². The fraction of sp³-hybridized carbons (Fsp3) is 0.727. The van der Waals surface area contributed by atoms with Crippen molar-refractivity contribution in [2.75, 3.05) is 6.61 Å². The molecule has 0 saturated carbocycles. The Morgan fingerprint density at radius 1 is 1.27 bits per heavy atom. The standard InChI is InChI=1S/C11H19O4/c1-5-6-9(12)14-7-8-15-10(13)11(2,3)4/h8H,5-7H2,1-4H3. The van der Waals surface area contributed by atoms with Gasteiger partial charge in [0.25, 0.3) is 0 Å². The molecule has 4 nitrogen and oxygen atoms in total. The van der Waals surface area contributed by atoms with Crippen molar-refractivity contribution in [2.45, 2.75) is 40.5 Å². The molecule has 0 N–H and O–H groups in total. The van der Waals surface area contributed by atoms with Crippen LogP contribution in [0.4, 0.5) is 0 Å². The van der Waals surface area contributed by atoms with E-state index in [2.05, 4.69) is 0 Å². The molecule has 0 aromatic heterocycles. The summed E-state index contributed by atoms with van der Waals surface area (Å²) in [4.78, 5) is 22.1. The van der Waals surface area contributed by atoms with Gasteiger partial charge in [0.2, 0.25) is 0 Å². The van der Waals surface area contributed by atoms with Gasteiger partial charge < -0.3 is 9.47 Å². The van der Waals surface area contributed by atoms with Crippen molar-refractivity contribution in [1.82, 2.24) is 0 Å². The van der Waals surface area contributed by atoms with E-state index in [0.717, 1.165) is 6.42 Å². The maximum Gasteiger partial charge on any atom is 0.311 e. The van der Waals surface area contributed by atoms with Gasteiger partial charge in [0, 0.05) is 6.42 Å². The van der Waals surface area contributed by atoms with Gasteiger partial charge in [-0.25, -0.2) is 0 Å². The van der Waals surface area contributed by atoms with Gasteiger partial charge in [0.1, 0.15) is 6.61 Å². The first-order valence-electron chi connectivity index (χ1n) is 5.06. The minimum absolute atomic E-state index is 0.0145. The SMILES string of the molecule is CCCC(=O)OC[CH]OC(=O)C(C)(C)C. The molecule has 1 radical (unpaired) electrons. The first-order valence-corrected chi connectivity index (χ1v) is 5.06. The summed E-state index contributed by atoms with van der Waals surface area (Å²) in [6.07, 6.45) is 1.14. The van der Waals surface area contributed by atoms with E-state index in [9.17, 15) is 9.59 Å². The maximum absolute atomic E-state index is 11.2. The molecular weight excluding hydrogens is 196 g/mol. The molecule has 0 aliphatic heterocycles. The molecule has 0 aromatic carbocycles. The zero-order chi connectivity index (χ0) is 11.9. The number of carbonyl (C=O) groups excluding carboxylic acids is 2. The molecule has 0 aromatic rings. The molecule has 0 heterocycles. The van der Waals surface area contributed by atoms with Gasteiger partial charge in [-0.2, -0.15) is 0 Å². The van der Waals surface area contributed by atoms with Gasteiger partial charge in [-0.05, 0) is 27.2 Å². The quantitative estimate of drug-likeness (QED) is 0.520. The third kappa shape index (κ3) is 6.94. The molecule has 0 aliphatic rings. The van der Waals surface area contributed by atoms with Gasteiger partial charge in [-0.1, -0.05) is 6.92 Å². The fourth-order valence-corrected chi connectivity index (χ4v) is 0.690. The van der Waals surface area contributed by atoms with Crippen molar-refractivity contribution in [2.24, 2.45) is 5.41 Å². The van der Waals surface area contributed by atoms with Crippen molar-refractivity contribution >= 4 is 11.9 Å². The van der Waals surface area contributed by atoms with E-state index in [1.807, 2.05) is 6.92 Å². The average molecular weight is 215 g/mol. The van der Waals surface area contributed by atoms with Crippen molar-refractivity contribution in [3.05, 3.63) is 6.61 Å². The van der Waals surface area contributed by atoms with Crippen molar-refractivity contribution in [1.29, 1.82) is 0 Å². The number of hydrogen-bond acceptors (Lipinski definition) is 4. The smallest absolute Gasteiger partial charge is 0.311 e. The summed E-state index contributed by atoms with van der Waals surface area (Å²) in [5.74, 6) is -0.616. The van der Waals surface area contributed by atoms with Crippen LogP contribution in [0.25, 0.3) is 0 Å². The second kappa shape index (κ2) is 6.43. The Hall–Kier alpha value is -1.06. The van der Waals surface area contributed by atoms with Crippen LogP contribution >= 0.6 is 0 Å². The molecule has 0 unspecified atom stereocenters. The summed E-state index contributed by atoms with van der Waals surface area (Å²) in [6.45, 7) is 8.39.